The fourth-order valence-electron chi connectivity index (χ4n) is 3.48. The summed E-state index contributed by atoms with van der Waals surface area (Å²) in [6.45, 7) is 1.63. The van der Waals surface area contributed by atoms with Gasteiger partial charge in [-0.2, -0.15) is 0 Å². The number of halogens is 1. The maximum Gasteiger partial charge on any atom is 0.344 e. The van der Waals surface area contributed by atoms with Crippen LogP contribution in [0.15, 0.2) is 45.6 Å². The van der Waals surface area contributed by atoms with Gasteiger partial charge in [-0.1, -0.05) is 0 Å². The lowest BCUT2D eigenvalue weighted by Gasteiger charge is -2.31. The number of rotatable bonds is 2. The maximum absolute atomic E-state index is 13.9. The van der Waals surface area contributed by atoms with Gasteiger partial charge in [0.1, 0.15) is 22.8 Å². The van der Waals surface area contributed by atoms with E-state index in [9.17, 15) is 14.3 Å². The average molecular weight is 342 g/mol. The van der Waals surface area contributed by atoms with Crippen molar-refractivity contribution in [2.24, 2.45) is 0 Å². The summed E-state index contributed by atoms with van der Waals surface area (Å²) in [5.74, 6) is 0.637. The zero-order valence-electron chi connectivity index (χ0n) is 13.9. The molecule has 0 atom stereocenters. The second-order valence-corrected chi connectivity index (χ2v) is 7.01. The number of phenols is 1. The van der Waals surface area contributed by atoms with Crippen LogP contribution in [0.1, 0.15) is 32.6 Å². The third-order valence-corrected chi connectivity index (χ3v) is 4.95. The van der Waals surface area contributed by atoms with Crippen molar-refractivity contribution in [3.8, 4) is 11.5 Å². The van der Waals surface area contributed by atoms with Gasteiger partial charge in [-0.25, -0.2) is 9.18 Å². The Bertz CT molecular complexity index is 996. The van der Waals surface area contributed by atoms with Gasteiger partial charge in [0.05, 0.1) is 11.5 Å². The first-order valence-corrected chi connectivity index (χ1v) is 8.46. The van der Waals surface area contributed by atoms with Crippen LogP contribution in [0.2, 0.25) is 0 Å². The fraction of sp³-hybridized carbons (Fsp3) is 0.350. The Labute approximate surface area is 143 Å². The Morgan fingerprint density at radius 1 is 1.12 bits per heavy atom. The van der Waals surface area contributed by atoms with Crippen molar-refractivity contribution in [2.75, 3.05) is 0 Å². The molecule has 1 aliphatic rings. The van der Waals surface area contributed by atoms with E-state index >= 15 is 0 Å². The van der Waals surface area contributed by atoms with E-state index in [0.717, 1.165) is 10.8 Å². The lowest BCUT2D eigenvalue weighted by atomic mass is 9.86. The summed E-state index contributed by atoms with van der Waals surface area (Å²) in [5.41, 5.74) is -1.23. The number of benzene rings is 2. The zero-order valence-corrected chi connectivity index (χ0v) is 13.9. The van der Waals surface area contributed by atoms with E-state index in [1.54, 1.807) is 25.1 Å². The van der Waals surface area contributed by atoms with Gasteiger partial charge in [0.25, 0.3) is 0 Å². The van der Waals surface area contributed by atoms with Crippen molar-refractivity contribution in [3.63, 3.8) is 0 Å². The van der Waals surface area contributed by atoms with E-state index in [-0.39, 0.29) is 11.9 Å². The molecule has 1 fully saturated rings. The Morgan fingerprint density at radius 3 is 2.60 bits per heavy atom. The number of ether oxygens (including phenoxy) is 1. The highest BCUT2D eigenvalue weighted by atomic mass is 19.1. The quantitative estimate of drug-likeness (QED) is 0.542. The minimum absolute atomic E-state index is 0.0364. The van der Waals surface area contributed by atoms with Gasteiger partial charge in [-0.3, -0.25) is 0 Å². The van der Waals surface area contributed by atoms with Crippen molar-refractivity contribution in [3.05, 3.63) is 46.8 Å². The Hall–Kier alpha value is -2.56. The van der Waals surface area contributed by atoms with Crippen LogP contribution in [0.4, 0.5) is 4.39 Å². The first-order valence-electron chi connectivity index (χ1n) is 8.46. The molecule has 0 radical (unpaired) electrons. The normalized spacial score (nSPS) is 23.8. The van der Waals surface area contributed by atoms with Crippen LogP contribution in [0, 0.1) is 0 Å². The summed E-state index contributed by atoms with van der Waals surface area (Å²) in [5, 5.41) is 11.5. The maximum atomic E-state index is 13.9. The number of fused-ring (bicyclic) bond motifs is 3. The Balaban J connectivity index is 1.69. The van der Waals surface area contributed by atoms with E-state index < -0.39 is 11.3 Å². The van der Waals surface area contributed by atoms with Crippen molar-refractivity contribution < 1.29 is 18.7 Å². The molecule has 3 aromatic rings. The highest BCUT2D eigenvalue weighted by molar-refractivity contribution is 6.04. The zero-order chi connectivity index (χ0) is 17.6. The molecule has 0 bridgehead atoms. The topological polar surface area (TPSA) is 59.7 Å². The molecule has 1 aromatic heterocycles. The molecule has 25 heavy (non-hydrogen) atoms. The molecule has 130 valence electrons. The fourth-order valence-corrected chi connectivity index (χ4v) is 3.48. The minimum atomic E-state index is -1.10. The summed E-state index contributed by atoms with van der Waals surface area (Å²) >= 11 is 0. The number of phenolic OH excluding ortho intramolecular Hbond substituents is 1. The van der Waals surface area contributed by atoms with Gasteiger partial charge in [0.15, 0.2) is 0 Å². The van der Waals surface area contributed by atoms with Crippen molar-refractivity contribution in [1.29, 1.82) is 0 Å². The highest BCUT2D eigenvalue weighted by Gasteiger charge is 2.31. The monoisotopic (exact) mass is 342 g/mol. The van der Waals surface area contributed by atoms with Crippen molar-refractivity contribution in [2.45, 2.75) is 44.4 Å². The van der Waals surface area contributed by atoms with Crippen LogP contribution in [-0.4, -0.2) is 16.9 Å². The third-order valence-electron chi connectivity index (χ3n) is 4.95. The van der Waals surface area contributed by atoms with Crippen LogP contribution >= 0.6 is 0 Å². The summed E-state index contributed by atoms with van der Waals surface area (Å²) in [6, 6.07) is 10.0. The second kappa shape index (κ2) is 5.76. The first-order chi connectivity index (χ1) is 11.9. The van der Waals surface area contributed by atoms with Gasteiger partial charge in [0, 0.05) is 16.8 Å². The summed E-state index contributed by atoms with van der Waals surface area (Å²) < 4.78 is 25.2. The van der Waals surface area contributed by atoms with E-state index in [2.05, 4.69) is 0 Å². The van der Waals surface area contributed by atoms with Gasteiger partial charge in [-0.05, 0) is 62.9 Å². The number of aromatic hydroxyl groups is 1. The minimum Gasteiger partial charge on any atom is -0.508 e. The number of hydrogen-bond donors (Lipinski definition) is 1. The molecular weight excluding hydrogens is 323 g/mol. The average Bonchev–Trinajstić information content (AvgIpc) is 2.57. The molecule has 0 amide bonds. The molecule has 1 saturated carbocycles. The largest absolute Gasteiger partial charge is 0.508 e. The molecule has 1 aliphatic carbocycles. The molecule has 4 rings (SSSR count). The SMILES string of the molecule is CC1(F)CCC(Oc2ccc3c(c2)c(=O)oc2cc(O)ccc23)CC1. The lowest BCUT2D eigenvalue weighted by molar-refractivity contribution is 0.0580. The second-order valence-electron chi connectivity index (χ2n) is 7.01. The summed E-state index contributed by atoms with van der Waals surface area (Å²) in [6.07, 6.45) is 2.27. The van der Waals surface area contributed by atoms with Crippen LogP contribution in [0.5, 0.6) is 11.5 Å². The van der Waals surface area contributed by atoms with Gasteiger partial charge < -0.3 is 14.3 Å². The predicted octanol–water partition coefficient (Wildman–Crippen LogP) is 4.70. The standard InChI is InChI=1S/C20H19FO4/c1-20(21)8-6-13(7-9-20)24-14-3-5-15-16-4-2-12(22)10-18(16)25-19(23)17(15)11-14/h2-5,10-11,13,22H,6-9H2,1H3. The first kappa shape index (κ1) is 15.9. The van der Waals surface area contributed by atoms with Crippen LogP contribution in [-0.2, 0) is 0 Å². The van der Waals surface area contributed by atoms with Crippen LogP contribution in [0.25, 0.3) is 21.7 Å². The van der Waals surface area contributed by atoms with Crippen LogP contribution in [0.3, 0.4) is 0 Å². The molecule has 0 spiro atoms. The van der Waals surface area contributed by atoms with E-state index in [0.29, 0.717) is 42.4 Å². The number of alkyl halides is 1. The molecule has 0 saturated heterocycles. The van der Waals surface area contributed by atoms with Gasteiger partial charge in [0.2, 0.25) is 0 Å². The molecule has 4 nitrogen and oxygen atoms in total. The van der Waals surface area contributed by atoms with E-state index in [1.165, 1.54) is 6.07 Å². The summed E-state index contributed by atoms with van der Waals surface area (Å²) in [4.78, 5) is 12.3. The third kappa shape index (κ3) is 3.06. The summed E-state index contributed by atoms with van der Waals surface area (Å²) in [7, 11) is 0. The Morgan fingerprint density at radius 2 is 1.84 bits per heavy atom. The van der Waals surface area contributed by atoms with E-state index in [1.807, 2.05) is 12.1 Å². The van der Waals surface area contributed by atoms with Crippen molar-refractivity contribution >= 4 is 21.7 Å². The predicted molar refractivity (Wildman–Crippen MR) is 94.1 cm³/mol. The molecule has 5 heteroatoms. The lowest BCUT2D eigenvalue weighted by Crippen LogP contribution is -2.31. The van der Waals surface area contributed by atoms with Crippen LogP contribution < -0.4 is 10.4 Å². The molecule has 2 aromatic carbocycles. The molecule has 1 heterocycles. The smallest absolute Gasteiger partial charge is 0.344 e. The van der Waals surface area contributed by atoms with Gasteiger partial charge >= 0.3 is 5.63 Å². The molecular formula is C20H19FO4. The van der Waals surface area contributed by atoms with Crippen molar-refractivity contribution in [1.82, 2.24) is 0 Å². The number of hydrogen-bond acceptors (Lipinski definition) is 4. The highest BCUT2D eigenvalue weighted by Crippen LogP contribution is 2.34. The Kier molecular flexibility index (Phi) is 3.67. The molecule has 0 aliphatic heterocycles. The van der Waals surface area contributed by atoms with E-state index in [4.69, 9.17) is 9.15 Å². The van der Waals surface area contributed by atoms with Gasteiger partial charge in [-0.15, -0.1) is 0 Å². The molecule has 0 unspecified atom stereocenters. The molecule has 1 N–H and O–H groups in total.